The van der Waals surface area contributed by atoms with Crippen molar-refractivity contribution >= 4 is 39.5 Å². The van der Waals surface area contributed by atoms with Gasteiger partial charge in [0, 0.05) is 25.7 Å². The van der Waals surface area contributed by atoms with Crippen LogP contribution in [-0.2, 0) is 65.4 Å². The highest BCUT2D eigenvalue weighted by atomic mass is 31.2. The molecule has 5 atom stereocenters. The summed E-state index contributed by atoms with van der Waals surface area (Å²) in [5.41, 5.74) is 0. The van der Waals surface area contributed by atoms with Crippen LogP contribution in [0.25, 0.3) is 0 Å². The van der Waals surface area contributed by atoms with Gasteiger partial charge in [0.15, 0.2) is 12.2 Å². The maximum atomic E-state index is 13.1. The molecule has 0 saturated heterocycles. The summed E-state index contributed by atoms with van der Waals surface area (Å²) in [6.07, 6.45) is 51.5. The van der Waals surface area contributed by atoms with E-state index in [0.717, 1.165) is 114 Å². The summed E-state index contributed by atoms with van der Waals surface area (Å²) >= 11 is 0. The van der Waals surface area contributed by atoms with E-state index in [9.17, 15) is 43.2 Å². The summed E-state index contributed by atoms with van der Waals surface area (Å²) in [7, 11) is -9.91. The first kappa shape index (κ1) is 94.1. The molecule has 0 aliphatic rings. The Morgan fingerprint density at radius 1 is 0.260 bits per heavy atom. The predicted molar refractivity (Wildman–Crippen MR) is 391 cm³/mol. The van der Waals surface area contributed by atoms with Crippen LogP contribution >= 0.6 is 15.6 Å². The Hall–Kier alpha value is -1.94. The van der Waals surface area contributed by atoms with Gasteiger partial charge in [0.25, 0.3) is 0 Å². The summed E-state index contributed by atoms with van der Waals surface area (Å²) in [5.74, 6) is 0.899. The molecule has 0 aromatic rings. The number of phosphoric ester groups is 2. The molecule has 0 bridgehead atoms. The zero-order valence-corrected chi connectivity index (χ0v) is 64.8. The van der Waals surface area contributed by atoms with Crippen molar-refractivity contribution in [3.05, 3.63) is 0 Å². The second kappa shape index (κ2) is 66.3. The van der Waals surface area contributed by atoms with E-state index in [1.165, 1.54) is 186 Å². The van der Waals surface area contributed by atoms with Crippen molar-refractivity contribution < 1.29 is 80.2 Å². The molecule has 0 saturated carbocycles. The number of rotatable bonds is 74. The number of carbonyl (C=O) groups excluding carboxylic acids is 4. The number of phosphoric acid groups is 2. The number of hydrogen-bond acceptors (Lipinski definition) is 15. The second-order valence-corrected chi connectivity index (χ2v) is 32.6. The molecular formula is C77H150O17P2. The van der Waals surface area contributed by atoms with Crippen molar-refractivity contribution in [2.45, 2.75) is 408 Å². The Morgan fingerprint density at radius 2 is 0.438 bits per heavy atom. The predicted octanol–water partition coefficient (Wildman–Crippen LogP) is 22.4. The van der Waals surface area contributed by atoms with Crippen molar-refractivity contribution in [3.63, 3.8) is 0 Å². The fourth-order valence-electron chi connectivity index (χ4n) is 11.7. The second-order valence-electron chi connectivity index (χ2n) is 29.7. The topological polar surface area (TPSA) is 237 Å². The number of esters is 4. The zero-order valence-electron chi connectivity index (χ0n) is 63.0. The minimum absolute atomic E-state index is 0.105. The summed E-state index contributed by atoms with van der Waals surface area (Å²) < 4.78 is 68.5. The first-order valence-electron chi connectivity index (χ1n) is 39.7. The molecule has 0 aliphatic heterocycles. The average Bonchev–Trinajstić information content (AvgIpc) is 1.40. The van der Waals surface area contributed by atoms with Crippen LogP contribution in [0.2, 0.25) is 0 Å². The van der Waals surface area contributed by atoms with E-state index in [-0.39, 0.29) is 25.7 Å². The van der Waals surface area contributed by atoms with E-state index in [1.807, 2.05) is 0 Å². The summed E-state index contributed by atoms with van der Waals surface area (Å²) in [5, 5.41) is 10.6. The zero-order chi connectivity index (χ0) is 71.0. The van der Waals surface area contributed by atoms with Crippen LogP contribution in [0.3, 0.4) is 0 Å². The molecule has 570 valence electrons. The molecule has 0 rings (SSSR count). The average molecular weight is 1410 g/mol. The van der Waals surface area contributed by atoms with Crippen molar-refractivity contribution in [2.24, 2.45) is 23.7 Å². The van der Waals surface area contributed by atoms with Crippen LogP contribution in [0.1, 0.15) is 389 Å². The van der Waals surface area contributed by atoms with Crippen LogP contribution in [0.5, 0.6) is 0 Å². The Kier molecular flexibility index (Phi) is 65.0. The van der Waals surface area contributed by atoms with E-state index in [1.54, 1.807) is 0 Å². The monoisotopic (exact) mass is 1410 g/mol. The van der Waals surface area contributed by atoms with Gasteiger partial charge in [0.1, 0.15) is 19.3 Å². The van der Waals surface area contributed by atoms with Gasteiger partial charge in [-0.2, -0.15) is 0 Å². The number of carbonyl (C=O) groups is 4. The number of unbranched alkanes of at least 4 members (excludes halogenated alkanes) is 40. The quantitative estimate of drug-likeness (QED) is 0.0222. The molecule has 0 aromatic carbocycles. The Morgan fingerprint density at radius 3 is 0.646 bits per heavy atom. The van der Waals surface area contributed by atoms with Gasteiger partial charge in [0.05, 0.1) is 26.4 Å². The molecule has 0 aliphatic carbocycles. The third-order valence-electron chi connectivity index (χ3n) is 17.8. The van der Waals surface area contributed by atoms with E-state index in [0.29, 0.717) is 31.6 Å². The fraction of sp³-hybridized carbons (Fsp3) is 0.948. The lowest BCUT2D eigenvalue weighted by molar-refractivity contribution is -0.161. The normalized spacial score (nSPS) is 14.1. The van der Waals surface area contributed by atoms with Gasteiger partial charge in [-0.15, -0.1) is 0 Å². The molecular weight excluding hydrogens is 1260 g/mol. The van der Waals surface area contributed by atoms with E-state index < -0.39 is 97.5 Å². The van der Waals surface area contributed by atoms with Crippen LogP contribution in [-0.4, -0.2) is 96.7 Å². The van der Waals surface area contributed by atoms with Crippen molar-refractivity contribution in [1.82, 2.24) is 0 Å². The third kappa shape index (κ3) is 70.5. The van der Waals surface area contributed by atoms with Crippen molar-refractivity contribution in [1.29, 1.82) is 0 Å². The standard InChI is InChI=1S/C77H150O17P2/c1-67(2)53-45-37-29-23-17-13-11-9-10-12-14-19-26-32-41-49-57-74(79)87-63-72(93-76(81)59-51-43-33-27-20-16-15-18-24-30-38-46-54-68(3)4)65-91-95(83,84)89-61-71(78)62-90-96(85,86)92-66-73(64-88-75(80)58-50-42-36-35-40-48-56-70(7)8)94-77(82)60-52-44-34-28-22-21-25-31-39-47-55-69(5)6/h67-73,78H,9-66H2,1-8H3,(H,83,84)(H,85,86)/t71-,72-,73-/m1/s1. The molecule has 0 heterocycles. The first-order chi connectivity index (χ1) is 46.1. The lowest BCUT2D eigenvalue weighted by Gasteiger charge is -2.21. The molecule has 0 spiro atoms. The molecule has 0 radical (unpaired) electrons. The molecule has 0 amide bonds. The smallest absolute Gasteiger partial charge is 0.462 e. The molecule has 17 nitrogen and oxygen atoms in total. The number of aliphatic hydroxyl groups is 1. The van der Waals surface area contributed by atoms with Crippen LogP contribution < -0.4 is 0 Å². The van der Waals surface area contributed by atoms with Gasteiger partial charge in [-0.1, -0.05) is 338 Å². The van der Waals surface area contributed by atoms with Gasteiger partial charge in [0.2, 0.25) is 0 Å². The summed E-state index contributed by atoms with van der Waals surface area (Å²) in [4.78, 5) is 72.8. The maximum absolute atomic E-state index is 13.1. The highest BCUT2D eigenvalue weighted by Crippen LogP contribution is 2.45. The lowest BCUT2D eigenvalue weighted by atomic mass is 10.0. The first-order valence-corrected chi connectivity index (χ1v) is 42.7. The van der Waals surface area contributed by atoms with Gasteiger partial charge in [-0.25, -0.2) is 9.13 Å². The van der Waals surface area contributed by atoms with Gasteiger partial charge in [-0.05, 0) is 49.4 Å². The van der Waals surface area contributed by atoms with E-state index in [2.05, 4.69) is 55.4 Å². The highest BCUT2D eigenvalue weighted by Gasteiger charge is 2.30. The third-order valence-corrected chi connectivity index (χ3v) is 19.7. The summed E-state index contributed by atoms with van der Waals surface area (Å²) in [6, 6.07) is 0. The Labute approximate surface area is 588 Å². The Bertz CT molecular complexity index is 1880. The van der Waals surface area contributed by atoms with Crippen molar-refractivity contribution in [2.75, 3.05) is 39.6 Å². The fourth-order valence-corrected chi connectivity index (χ4v) is 13.3. The van der Waals surface area contributed by atoms with E-state index >= 15 is 0 Å². The van der Waals surface area contributed by atoms with Crippen LogP contribution in [0, 0.1) is 23.7 Å². The molecule has 0 fully saturated rings. The van der Waals surface area contributed by atoms with E-state index in [4.69, 9.17) is 37.0 Å². The number of hydrogen-bond donors (Lipinski definition) is 3. The molecule has 96 heavy (non-hydrogen) atoms. The Balaban J connectivity index is 5.22. The van der Waals surface area contributed by atoms with Crippen molar-refractivity contribution in [3.8, 4) is 0 Å². The number of aliphatic hydroxyl groups excluding tert-OH is 1. The molecule has 3 N–H and O–H groups in total. The van der Waals surface area contributed by atoms with Gasteiger partial charge < -0.3 is 33.8 Å². The molecule has 0 aromatic heterocycles. The number of ether oxygens (including phenoxy) is 4. The lowest BCUT2D eigenvalue weighted by Crippen LogP contribution is -2.30. The minimum Gasteiger partial charge on any atom is -0.462 e. The highest BCUT2D eigenvalue weighted by molar-refractivity contribution is 7.47. The van der Waals surface area contributed by atoms with Gasteiger partial charge >= 0.3 is 39.5 Å². The maximum Gasteiger partial charge on any atom is 0.472 e. The molecule has 19 heteroatoms. The minimum atomic E-state index is -4.96. The SMILES string of the molecule is CC(C)CCCCCCCCCCCCCCCCCCC(=O)OC[C@H](COP(=O)(O)OC[C@@H](O)COP(=O)(O)OC[C@@H](COC(=O)CCCCCCCCC(C)C)OC(=O)CCCCCCCCCCCCC(C)C)OC(=O)CCCCCCCCCCCCCCC(C)C. The molecule has 2 unspecified atom stereocenters. The summed E-state index contributed by atoms with van der Waals surface area (Å²) in [6.45, 7) is 14.2. The van der Waals surface area contributed by atoms with Crippen LogP contribution in [0.15, 0.2) is 0 Å². The largest absolute Gasteiger partial charge is 0.472 e. The van der Waals surface area contributed by atoms with Crippen LogP contribution in [0.4, 0.5) is 0 Å². The van der Waals surface area contributed by atoms with Gasteiger partial charge in [-0.3, -0.25) is 37.3 Å².